The topological polar surface area (TPSA) is 119 Å². The lowest BCUT2D eigenvalue weighted by molar-refractivity contribution is -0.116. The molecule has 1 heterocycles. The first-order valence-corrected chi connectivity index (χ1v) is 11.1. The summed E-state index contributed by atoms with van der Waals surface area (Å²) in [5.74, 6) is 0.273. The molecule has 0 saturated heterocycles. The number of rotatable bonds is 8. The Kier molecular flexibility index (Phi) is 9.96. The molecule has 0 radical (unpaired) electrons. The largest absolute Gasteiger partial charge is 0.497 e. The van der Waals surface area contributed by atoms with Gasteiger partial charge in [-0.25, -0.2) is 4.98 Å². The van der Waals surface area contributed by atoms with E-state index >= 15 is 0 Å². The number of aryl methyl sites for hydroxylation is 1. The van der Waals surface area contributed by atoms with Crippen molar-refractivity contribution in [2.24, 2.45) is 5.73 Å². The highest BCUT2D eigenvalue weighted by Crippen LogP contribution is 2.20. The number of hydrogen-bond donors (Lipinski definition) is 3. The summed E-state index contributed by atoms with van der Waals surface area (Å²) in [7, 11) is 1.64. The molecule has 8 nitrogen and oxygen atoms in total. The number of methoxy groups -OCH3 is 1. The van der Waals surface area contributed by atoms with Crippen LogP contribution in [0.1, 0.15) is 43.2 Å². The van der Waals surface area contributed by atoms with E-state index in [1.807, 2.05) is 48.5 Å². The molecule has 2 amide bonds. The Morgan fingerprint density at radius 2 is 1.76 bits per heavy atom. The first kappa shape index (κ1) is 26.0. The van der Waals surface area contributed by atoms with Crippen molar-refractivity contribution >= 4 is 29.4 Å². The monoisotopic (exact) mass is 470 g/mol. The minimum absolute atomic E-state index is 0.0176. The lowest BCUT2D eigenvalue weighted by atomic mass is 10.1. The average molecular weight is 471 g/mol. The fourth-order valence-corrected chi connectivity index (χ4v) is 3.12. The van der Waals surface area contributed by atoms with Gasteiger partial charge in [0.2, 0.25) is 5.91 Å². The molecule has 4 N–H and O–H groups in total. The van der Waals surface area contributed by atoms with Crippen LogP contribution in [0, 0.1) is 0 Å². The number of carbonyl (C=O) groups is 2. The quantitative estimate of drug-likeness (QED) is 0.417. The zero-order valence-electron chi connectivity index (χ0n) is 19.3. The Labute approximate surface area is 198 Å². The molecule has 0 spiro atoms. The van der Waals surface area contributed by atoms with E-state index in [4.69, 9.17) is 10.5 Å². The number of primary amides is 1. The van der Waals surface area contributed by atoms with E-state index in [0.29, 0.717) is 12.8 Å². The smallest absolute Gasteiger partial charge is 0.270 e. The number of oxazole rings is 1. The number of benzene rings is 2. The van der Waals surface area contributed by atoms with Crippen LogP contribution in [0.15, 0.2) is 70.5 Å². The van der Waals surface area contributed by atoms with Gasteiger partial charge in [0.1, 0.15) is 12.0 Å². The number of nitrogens with two attached hydrogens (primary N) is 1. The highest BCUT2D eigenvalue weighted by Gasteiger charge is 2.09. The molecule has 0 fully saturated rings. The second kappa shape index (κ2) is 12.7. The maximum Gasteiger partial charge on any atom is 0.270 e. The normalized spacial score (nSPS) is 10.7. The zero-order valence-corrected chi connectivity index (χ0v) is 20.1. The molecule has 0 unspecified atom stereocenters. The fourth-order valence-electron chi connectivity index (χ4n) is 2.43. The number of anilines is 1. The summed E-state index contributed by atoms with van der Waals surface area (Å²) in [5, 5.41) is 2.94. The van der Waals surface area contributed by atoms with Crippen LogP contribution >= 0.6 is 11.9 Å². The molecule has 2 aromatic carbocycles. The van der Waals surface area contributed by atoms with Gasteiger partial charge in [-0.3, -0.25) is 14.3 Å². The van der Waals surface area contributed by atoms with Gasteiger partial charge in [0.05, 0.1) is 7.11 Å². The van der Waals surface area contributed by atoms with Crippen LogP contribution in [0.25, 0.3) is 0 Å². The number of aromatic nitrogens is 1. The number of nitrogens with zero attached hydrogens (tertiary/aromatic N) is 1. The third kappa shape index (κ3) is 10.2. The van der Waals surface area contributed by atoms with Crippen molar-refractivity contribution in [1.29, 1.82) is 0 Å². The Balaban J connectivity index is 0.000000405. The molecule has 0 aliphatic carbocycles. The number of carbonyl (C=O) groups excluding carboxylic acids is 2. The van der Waals surface area contributed by atoms with Crippen LogP contribution < -0.4 is 20.5 Å². The van der Waals surface area contributed by atoms with Crippen molar-refractivity contribution in [3.05, 3.63) is 72.4 Å². The predicted octanol–water partition coefficient (Wildman–Crippen LogP) is 4.44. The van der Waals surface area contributed by atoms with E-state index in [1.165, 1.54) is 6.26 Å². The van der Waals surface area contributed by atoms with Crippen molar-refractivity contribution in [1.82, 2.24) is 9.71 Å². The Bertz CT molecular complexity index is 998. The average Bonchev–Trinajstić information content (AvgIpc) is 3.33. The summed E-state index contributed by atoms with van der Waals surface area (Å²) in [6.07, 6.45) is 3.51. The van der Waals surface area contributed by atoms with Gasteiger partial charge in [0.25, 0.3) is 5.91 Å². The molecule has 3 aromatic rings. The number of ether oxygens (including phenoxy) is 1. The van der Waals surface area contributed by atoms with Gasteiger partial charge in [-0.05, 0) is 81.1 Å². The van der Waals surface area contributed by atoms with Crippen molar-refractivity contribution < 1.29 is 18.7 Å². The van der Waals surface area contributed by atoms with Gasteiger partial charge in [0, 0.05) is 22.5 Å². The van der Waals surface area contributed by atoms with Gasteiger partial charge >= 0.3 is 0 Å². The van der Waals surface area contributed by atoms with E-state index in [-0.39, 0.29) is 17.1 Å². The van der Waals surface area contributed by atoms with Crippen LogP contribution in [0.4, 0.5) is 5.69 Å². The summed E-state index contributed by atoms with van der Waals surface area (Å²) in [4.78, 5) is 26.9. The molecular weight excluding hydrogens is 440 g/mol. The molecule has 1 aromatic heterocycles. The van der Waals surface area contributed by atoms with E-state index in [1.54, 1.807) is 19.1 Å². The minimum atomic E-state index is -0.571. The maximum absolute atomic E-state index is 12.1. The number of nitrogens with one attached hydrogen (secondary N) is 2. The van der Waals surface area contributed by atoms with Crippen LogP contribution in [-0.2, 0) is 11.2 Å². The Morgan fingerprint density at radius 3 is 2.24 bits per heavy atom. The third-order valence-corrected chi connectivity index (χ3v) is 5.32. The molecule has 176 valence electrons. The lowest BCUT2D eigenvalue weighted by Crippen LogP contribution is -2.29. The van der Waals surface area contributed by atoms with Crippen LogP contribution in [0.2, 0.25) is 0 Å². The van der Waals surface area contributed by atoms with Gasteiger partial charge < -0.3 is 20.2 Å². The summed E-state index contributed by atoms with van der Waals surface area (Å²) in [6, 6.07) is 15.7. The number of amides is 2. The zero-order chi connectivity index (χ0) is 24.3. The molecule has 0 bridgehead atoms. The Hall–Kier alpha value is -3.30. The SMILES string of the molecule is COc1ccc(CCC(=O)Nc2ccc(SNC(C)(C)C)cc2)cc1.NC(=O)c1cocn1. The lowest BCUT2D eigenvalue weighted by Gasteiger charge is -2.19. The molecule has 33 heavy (non-hydrogen) atoms. The van der Waals surface area contributed by atoms with Gasteiger partial charge in [-0.1, -0.05) is 12.1 Å². The predicted molar refractivity (Wildman–Crippen MR) is 130 cm³/mol. The molecule has 0 atom stereocenters. The van der Waals surface area contributed by atoms with Crippen LogP contribution in [0.3, 0.4) is 0 Å². The Morgan fingerprint density at radius 1 is 1.09 bits per heavy atom. The summed E-state index contributed by atoms with van der Waals surface area (Å²) in [6.45, 7) is 6.37. The molecule has 9 heteroatoms. The second-order valence-corrected chi connectivity index (χ2v) is 8.99. The van der Waals surface area contributed by atoms with Crippen molar-refractivity contribution in [2.75, 3.05) is 12.4 Å². The second-order valence-electron chi connectivity index (χ2n) is 8.11. The van der Waals surface area contributed by atoms with Gasteiger partial charge in [-0.2, -0.15) is 0 Å². The summed E-state index contributed by atoms with van der Waals surface area (Å²) in [5.41, 5.74) is 6.95. The van der Waals surface area contributed by atoms with E-state index in [9.17, 15) is 9.59 Å². The minimum Gasteiger partial charge on any atom is -0.497 e. The summed E-state index contributed by atoms with van der Waals surface area (Å²) < 4.78 is 13.0. The first-order chi connectivity index (χ1) is 15.7. The fraction of sp³-hybridized carbons (Fsp3) is 0.292. The van der Waals surface area contributed by atoms with Crippen molar-refractivity contribution in [2.45, 2.75) is 44.0 Å². The molecular formula is C24H30N4O4S. The number of hydrogen-bond acceptors (Lipinski definition) is 7. The van der Waals surface area contributed by atoms with E-state index in [2.05, 4.69) is 40.2 Å². The first-order valence-electron chi connectivity index (χ1n) is 10.3. The molecule has 0 aliphatic rings. The molecule has 0 aliphatic heterocycles. The van der Waals surface area contributed by atoms with E-state index in [0.717, 1.165) is 28.3 Å². The molecule has 3 rings (SSSR count). The van der Waals surface area contributed by atoms with Gasteiger partial charge in [0.15, 0.2) is 12.1 Å². The van der Waals surface area contributed by atoms with Crippen molar-refractivity contribution in [3.63, 3.8) is 0 Å². The standard InChI is InChI=1S/C20H26N2O2S.C4H4N2O2/c1-20(2,3)22-25-18-12-8-16(9-13-18)21-19(23)14-7-15-5-10-17(24-4)11-6-15;5-4(7)3-1-8-2-6-3/h5-6,8-13,22H,7,14H2,1-4H3,(H,21,23);1-2H,(H2,5,7). The van der Waals surface area contributed by atoms with E-state index < -0.39 is 5.91 Å². The maximum atomic E-state index is 12.1. The van der Waals surface area contributed by atoms with Crippen molar-refractivity contribution in [3.8, 4) is 5.75 Å². The van der Waals surface area contributed by atoms with Crippen LogP contribution in [0.5, 0.6) is 5.75 Å². The molecule has 0 saturated carbocycles. The van der Waals surface area contributed by atoms with Crippen LogP contribution in [-0.4, -0.2) is 29.4 Å². The highest BCUT2D eigenvalue weighted by atomic mass is 32.2. The highest BCUT2D eigenvalue weighted by molar-refractivity contribution is 7.97. The third-order valence-electron chi connectivity index (χ3n) is 4.10. The van der Waals surface area contributed by atoms with Gasteiger partial charge in [-0.15, -0.1) is 0 Å². The summed E-state index contributed by atoms with van der Waals surface area (Å²) >= 11 is 1.59.